The zero-order valence-electron chi connectivity index (χ0n) is 23.4. The lowest BCUT2D eigenvalue weighted by Gasteiger charge is -2.28. The molecule has 1 aliphatic heterocycles. The van der Waals surface area contributed by atoms with Crippen LogP contribution in [0.15, 0.2) is 52.2 Å². The lowest BCUT2D eigenvalue weighted by molar-refractivity contribution is -0.192. The molecule has 3 aromatic heterocycles. The van der Waals surface area contributed by atoms with Crippen molar-refractivity contribution in [2.24, 2.45) is 0 Å². The maximum absolute atomic E-state index is 13.5. The highest BCUT2D eigenvalue weighted by Crippen LogP contribution is 2.36. The van der Waals surface area contributed by atoms with Crippen molar-refractivity contribution < 1.29 is 36.3 Å². The fraction of sp³-hybridized carbons (Fsp3) is 0.370. The van der Waals surface area contributed by atoms with Gasteiger partial charge in [-0.2, -0.15) is 13.2 Å². The number of sulfonamides is 1. The van der Waals surface area contributed by atoms with Crippen molar-refractivity contribution >= 4 is 61.2 Å². The number of nitrogens with one attached hydrogen (secondary N) is 2. The van der Waals surface area contributed by atoms with E-state index in [2.05, 4.69) is 20.2 Å². The topological polar surface area (TPSA) is 136 Å². The van der Waals surface area contributed by atoms with Crippen LogP contribution in [0.1, 0.15) is 32.1 Å². The lowest BCUT2D eigenvalue weighted by atomic mass is 10.2. The van der Waals surface area contributed by atoms with Gasteiger partial charge in [-0.25, -0.2) is 18.2 Å². The number of thiophene rings is 1. The number of nitrogens with zero attached hydrogens (tertiary/aromatic N) is 3. The van der Waals surface area contributed by atoms with Gasteiger partial charge in [-0.3, -0.25) is 14.0 Å². The SMILES string of the molecule is CC(=O)NC1CCN(Cc2cnc(-c3cc4cccc(N(C(C)C)S(=O)(=O)c5cccs5)c4[nH]3)s2)C1.O=C(O)C(F)(F)F. The number of rotatable bonds is 8. The molecule has 16 heteroatoms. The molecular formula is C27H30F3N5O5S3. The number of alkyl halides is 3. The number of likely N-dealkylation sites (tertiary alicyclic amines) is 1. The molecule has 4 heterocycles. The zero-order valence-corrected chi connectivity index (χ0v) is 25.8. The fourth-order valence-electron chi connectivity index (χ4n) is 4.74. The van der Waals surface area contributed by atoms with Gasteiger partial charge in [-0.15, -0.1) is 22.7 Å². The van der Waals surface area contributed by atoms with Crippen LogP contribution >= 0.6 is 22.7 Å². The number of fused-ring (bicyclic) bond motifs is 1. The van der Waals surface area contributed by atoms with Gasteiger partial charge < -0.3 is 15.4 Å². The molecular weight excluding hydrogens is 628 g/mol. The Kier molecular flexibility index (Phi) is 9.83. The van der Waals surface area contributed by atoms with Crippen molar-refractivity contribution in [2.45, 2.75) is 56.2 Å². The number of anilines is 1. The largest absolute Gasteiger partial charge is 0.490 e. The van der Waals surface area contributed by atoms with E-state index in [0.717, 1.165) is 52.5 Å². The van der Waals surface area contributed by atoms with Crippen molar-refractivity contribution in [1.29, 1.82) is 0 Å². The average molecular weight is 658 g/mol. The maximum atomic E-state index is 13.5. The Morgan fingerprint density at radius 1 is 1.26 bits per heavy atom. The first-order valence-electron chi connectivity index (χ1n) is 13.1. The number of carbonyl (C=O) groups excluding carboxylic acids is 1. The van der Waals surface area contributed by atoms with Crippen molar-refractivity contribution in [2.75, 3.05) is 17.4 Å². The summed E-state index contributed by atoms with van der Waals surface area (Å²) >= 11 is 2.85. The molecule has 1 saturated heterocycles. The van der Waals surface area contributed by atoms with Gasteiger partial charge in [0.15, 0.2) is 0 Å². The number of para-hydroxylation sites is 1. The predicted molar refractivity (Wildman–Crippen MR) is 160 cm³/mol. The van der Waals surface area contributed by atoms with Gasteiger partial charge in [-0.05, 0) is 43.8 Å². The molecule has 1 fully saturated rings. The number of hydrogen-bond acceptors (Lipinski definition) is 8. The highest BCUT2D eigenvalue weighted by molar-refractivity contribution is 7.94. The van der Waals surface area contributed by atoms with Crippen molar-refractivity contribution in [1.82, 2.24) is 20.2 Å². The Labute approximate surface area is 254 Å². The van der Waals surface area contributed by atoms with Crippen LogP contribution in [-0.2, 0) is 26.2 Å². The summed E-state index contributed by atoms with van der Waals surface area (Å²) in [6.45, 7) is 7.90. The summed E-state index contributed by atoms with van der Waals surface area (Å²) in [7, 11) is -3.69. The number of carboxylic acids is 1. The summed E-state index contributed by atoms with van der Waals surface area (Å²) in [5.41, 5.74) is 2.26. The quantitative estimate of drug-likeness (QED) is 0.234. The third-order valence-electron chi connectivity index (χ3n) is 6.43. The van der Waals surface area contributed by atoms with Gasteiger partial charge in [0.1, 0.15) is 9.22 Å². The van der Waals surface area contributed by atoms with E-state index in [-0.39, 0.29) is 18.0 Å². The van der Waals surface area contributed by atoms with Crippen LogP contribution in [-0.4, -0.2) is 71.6 Å². The minimum Gasteiger partial charge on any atom is -0.475 e. The van der Waals surface area contributed by atoms with E-state index in [0.29, 0.717) is 9.90 Å². The molecule has 0 aliphatic carbocycles. The molecule has 4 aromatic rings. The van der Waals surface area contributed by atoms with Crippen LogP contribution in [0.25, 0.3) is 21.6 Å². The molecule has 3 N–H and O–H groups in total. The lowest BCUT2D eigenvalue weighted by Crippen LogP contribution is -2.36. The molecule has 232 valence electrons. The summed E-state index contributed by atoms with van der Waals surface area (Å²) in [5, 5.41) is 13.7. The second kappa shape index (κ2) is 13.0. The van der Waals surface area contributed by atoms with E-state index in [9.17, 15) is 26.4 Å². The van der Waals surface area contributed by atoms with Crippen LogP contribution in [0.2, 0.25) is 0 Å². The molecule has 0 saturated carbocycles. The normalized spacial score (nSPS) is 15.8. The fourth-order valence-corrected chi connectivity index (χ4v) is 8.42. The molecule has 1 amide bonds. The standard InChI is InChI=1S/C25H29N5O3S3.C2HF3O2/c1-16(2)30(36(32,33)23-8-5-11-34-23)22-7-4-6-18-12-21(28-24(18)22)25-26-13-20(35-25)15-29-10-9-19(14-29)27-17(3)31;3-2(4,5)1(6)7/h4-8,11-13,16,19,28H,9-10,14-15H2,1-3H3,(H,27,31);(H,6,7). The van der Waals surface area contributed by atoms with E-state index in [1.165, 1.54) is 15.6 Å². The van der Waals surface area contributed by atoms with E-state index in [1.54, 1.807) is 35.8 Å². The molecule has 5 rings (SSSR count). The first-order chi connectivity index (χ1) is 20.2. The van der Waals surface area contributed by atoms with E-state index in [4.69, 9.17) is 9.90 Å². The molecule has 0 radical (unpaired) electrons. The molecule has 1 aromatic carbocycles. The summed E-state index contributed by atoms with van der Waals surface area (Å²) < 4.78 is 60.5. The van der Waals surface area contributed by atoms with Gasteiger partial charge >= 0.3 is 12.1 Å². The number of aromatic amines is 1. The second-order valence-electron chi connectivity index (χ2n) is 10.1. The number of carbonyl (C=O) groups is 2. The number of aromatic nitrogens is 2. The van der Waals surface area contributed by atoms with Crippen LogP contribution < -0.4 is 9.62 Å². The van der Waals surface area contributed by atoms with Crippen molar-refractivity contribution in [3.8, 4) is 10.7 Å². The number of H-pyrrole nitrogens is 1. The van der Waals surface area contributed by atoms with E-state index in [1.807, 2.05) is 44.3 Å². The van der Waals surface area contributed by atoms with Gasteiger partial charge in [0.25, 0.3) is 10.0 Å². The number of thiazole rings is 1. The van der Waals surface area contributed by atoms with Crippen LogP contribution in [0, 0.1) is 0 Å². The minimum atomic E-state index is -5.08. The van der Waals surface area contributed by atoms with E-state index < -0.39 is 22.2 Å². The number of benzene rings is 1. The predicted octanol–water partition coefficient (Wildman–Crippen LogP) is 5.30. The molecule has 0 spiro atoms. The second-order valence-corrected chi connectivity index (χ2v) is 14.2. The maximum Gasteiger partial charge on any atom is 0.490 e. The first kappa shape index (κ1) is 32.4. The van der Waals surface area contributed by atoms with Crippen LogP contribution in [0.3, 0.4) is 0 Å². The number of aliphatic carboxylic acids is 1. The van der Waals surface area contributed by atoms with Gasteiger partial charge in [0.2, 0.25) is 5.91 Å². The van der Waals surface area contributed by atoms with Crippen molar-refractivity contribution in [3.63, 3.8) is 0 Å². The number of carboxylic acid groups (broad SMARTS) is 1. The Morgan fingerprint density at radius 3 is 2.58 bits per heavy atom. The first-order valence-corrected chi connectivity index (χ1v) is 16.2. The molecule has 0 bridgehead atoms. The average Bonchev–Trinajstić information content (AvgIpc) is 3.71. The molecule has 1 unspecified atom stereocenters. The van der Waals surface area contributed by atoms with Gasteiger partial charge in [0, 0.05) is 55.1 Å². The molecule has 1 aliphatic rings. The van der Waals surface area contributed by atoms with Crippen molar-refractivity contribution in [3.05, 3.63) is 52.9 Å². The Balaban J connectivity index is 0.000000541. The number of hydrogen-bond donors (Lipinski definition) is 3. The van der Waals surface area contributed by atoms with Gasteiger partial charge in [-0.1, -0.05) is 18.2 Å². The Morgan fingerprint density at radius 2 is 1.98 bits per heavy atom. The monoisotopic (exact) mass is 657 g/mol. The van der Waals surface area contributed by atoms with Crippen LogP contribution in [0.5, 0.6) is 0 Å². The highest BCUT2D eigenvalue weighted by Gasteiger charge is 2.38. The number of amides is 1. The van der Waals surface area contributed by atoms with E-state index >= 15 is 0 Å². The molecule has 10 nitrogen and oxygen atoms in total. The van der Waals surface area contributed by atoms with Gasteiger partial charge in [0.05, 0.1) is 16.9 Å². The Bertz CT molecular complexity index is 1680. The third-order valence-corrected chi connectivity index (χ3v) is 10.8. The third kappa shape index (κ3) is 7.74. The number of halogens is 3. The molecule has 43 heavy (non-hydrogen) atoms. The zero-order chi connectivity index (χ0) is 31.5. The minimum absolute atomic E-state index is 0.0133. The summed E-state index contributed by atoms with van der Waals surface area (Å²) in [6, 6.07) is 11.1. The smallest absolute Gasteiger partial charge is 0.475 e. The summed E-state index contributed by atoms with van der Waals surface area (Å²) in [6.07, 6.45) is -2.23. The molecule has 1 atom stereocenters. The Hall–Kier alpha value is -3.47. The summed E-state index contributed by atoms with van der Waals surface area (Å²) in [5.74, 6) is -2.74. The van der Waals surface area contributed by atoms with Crippen LogP contribution in [0.4, 0.5) is 18.9 Å². The highest BCUT2D eigenvalue weighted by atomic mass is 32.2. The summed E-state index contributed by atoms with van der Waals surface area (Å²) in [4.78, 5) is 31.8.